The van der Waals surface area contributed by atoms with Gasteiger partial charge in [0, 0.05) is 31.4 Å². The Morgan fingerprint density at radius 1 is 1.55 bits per heavy atom. The van der Waals surface area contributed by atoms with E-state index in [4.69, 9.17) is 5.11 Å². The number of carbonyl (C=O) groups is 1. The number of aliphatic carboxylic acids is 1. The van der Waals surface area contributed by atoms with Crippen molar-refractivity contribution in [2.45, 2.75) is 31.7 Å². The number of rotatable bonds is 6. The molecule has 1 saturated heterocycles. The van der Waals surface area contributed by atoms with E-state index in [0.717, 1.165) is 16.4 Å². The highest BCUT2D eigenvalue weighted by molar-refractivity contribution is 7.87. The van der Waals surface area contributed by atoms with Crippen LogP contribution in [0.5, 0.6) is 0 Å². The van der Waals surface area contributed by atoms with Gasteiger partial charge in [-0.2, -0.15) is 12.7 Å². The van der Waals surface area contributed by atoms with Crippen molar-refractivity contribution in [2.24, 2.45) is 0 Å². The highest BCUT2D eigenvalue weighted by atomic mass is 32.2. The van der Waals surface area contributed by atoms with E-state index in [0.29, 0.717) is 19.3 Å². The van der Waals surface area contributed by atoms with Crippen LogP contribution in [0.4, 0.5) is 0 Å². The van der Waals surface area contributed by atoms with Crippen LogP contribution in [-0.4, -0.2) is 52.9 Å². The summed E-state index contributed by atoms with van der Waals surface area (Å²) in [5, 5.41) is 9.10. The minimum absolute atomic E-state index is 0.202. The topological polar surface area (TPSA) is 115 Å². The van der Waals surface area contributed by atoms with Gasteiger partial charge in [0.05, 0.1) is 6.33 Å². The molecule has 1 aromatic rings. The fraction of sp³-hybridized carbons (Fsp3) is 0.636. The van der Waals surface area contributed by atoms with E-state index < -0.39 is 22.2 Å². The third kappa shape index (κ3) is 3.56. The fourth-order valence-corrected chi connectivity index (χ4v) is 3.68. The Kier molecular flexibility index (Phi) is 4.73. The van der Waals surface area contributed by atoms with Crippen LogP contribution in [-0.2, 0) is 21.4 Å². The van der Waals surface area contributed by atoms with E-state index in [2.05, 4.69) is 14.7 Å². The van der Waals surface area contributed by atoms with Gasteiger partial charge in [0.2, 0.25) is 0 Å². The molecule has 8 nitrogen and oxygen atoms in total. The zero-order chi connectivity index (χ0) is 14.6. The van der Waals surface area contributed by atoms with Crippen molar-refractivity contribution in [3.8, 4) is 0 Å². The molecule has 1 atom stereocenters. The van der Waals surface area contributed by atoms with Crippen molar-refractivity contribution in [3.63, 3.8) is 0 Å². The number of imidazole rings is 1. The van der Waals surface area contributed by atoms with Crippen molar-refractivity contribution in [3.05, 3.63) is 18.2 Å². The minimum atomic E-state index is -3.76. The largest absolute Gasteiger partial charge is 0.480 e. The summed E-state index contributed by atoms with van der Waals surface area (Å²) in [5.41, 5.74) is 0.820. The van der Waals surface area contributed by atoms with Gasteiger partial charge in [-0.1, -0.05) is 0 Å². The molecular formula is C11H18N4O4S. The normalized spacial score (nSPS) is 20.9. The van der Waals surface area contributed by atoms with Gasteiger partial charge in [-0.3, -0.25) is 4.79 Å². The second-order valence-electron chi connectivity index (χ2n) is 4.69. The molecular weight excluding hydrogens is 284 g/mol. The Bertz CT molecular complexity index is 543. The van der Waals surface area contributed by atoms with Crippen LogP contribution in [0.2, 0.25) is 0 Å². The quantitative estimate of drug-likeness (QED) is 0.669. The average molecular weight is 302 g/mol. The Morgan fingerprint density at radius 3 is 3.00 bits per heavy atom. The number of aromatic nitrogens is 2. The number of aromatic amines is 1. The number of hydrogen-bond acceptors (Lipinski definition) is 4. The molecule has 1 aliphatic heterocycles. The lowest BCUT2D eigenvalue weighted by atomic mass is 10.1. The first-order valence-corrected chi connectivity index (χ1v) is 7.91. The molecule has 9 heteroatoms. The zero-order valence-corrected chi connectivity index (χ0v) is 11.8. The first-order chi connectivity index (χ1) is 9.50. The van der Waals surface area contributed by atoms with Gasteiger partial charge in [-0.25, -0.2) is 9.71 Å². The Balaban J connectivity index is 1.95. The van der Waals surface area contributed by atoms with Crippen molar-refractivity contribution in [2.75, 3.05) is 13.1 Å². The zero-order valence-electron chi connectivity index (χ0n) is 10.9. The van der Waals surface area contributed by atoms with Gasteiger partial charge in [0.15, 0.2) is 0 Å². The Hall–Kier alpha value is -1.45. The maximum atomic E-state index is 12.2. The van der Waals surface area contributed by atoms with Crippen LogP contribution in [0, 0.1) is 0 Å². The number of hydrogen-bond donors (Lipinski definition) is 3. The summed E-state index contributed by atoms with van der Waals surface area (Å²) < 4.78 is 27.8. The van der Waals surface area contributed by atoms with Gasteiger partial charge >= 0.3 is 5.97 Å². The number of nitrogens with one attached hydrogen (secondary N) is 2. The molecule has 2 rings (SSSR count). The van der Waals surface area contributed by atoms with E-state index in [1.807, 2.05) is 0 Å². The smallest absolute Gasteiger partial charge is 0.322 e. The molecule has 1 unspecified atom stereocenters. The molecule has 0 radical (unpaired) electrons. The molecule has 3 N–H and O–H groups in total. The highest BCUT2D eigenvalue weighted by Gasteiger charge is 2.36. The first kappa shape index (κ1) is 14.9. The molecule has 0 aromatic carbocycles. The van der Waals surface area contributed by atoms with Crippen LogP contribution in [0.1, 0.15) is 25.0 Å². The third-order valence-corrected chi connectivity index (χ3v) is 4.90. The molecule has 0 amide bonds. The van der Waals surface area contributed by atoms with Crippen LogP contribution in [0.25, 0.3) is 0 Å². The molecule has 2 heterocycles. The summed E-state index contributed by atoms with van der Waals surface area (Å²) in [7, 11) is -3.76. The second-order valence-corrected chi connectivity index (χ2v) is 6.39. The molecule has 0 spiro atoms. The van der Waals surface area contributed by atoms with Gasteiger partial charge in [0.25, 0.3) is 10.2 Å². The summed E-state index contributed by atoms with van der Waals surface area (Å²) in [4.78, 5) is 17.8. The summed E-state index contributed by atoms with van der Waals surface area (Å²) in [6.45, 7) is 0.448. The summed E-state index contributed by atoms with van der Waals surface area (Å²) >= 11 is 0. The molecule has 0 saturated carbocycles. The van der Waals surface area contributed by atoms with E-state index in [9.17, 15) is 13.2 Å². The van der Waals surface area contributed by atoms with Crippen molar-refractivity contribution in [1.29, 1.82) is 0 Å². The predicted molar refractivity (Wildman–Crippen MR) is 71.2 cm³/mol. The van der Waals surface area contributed by atoms with E-state index >= 15 is 0 Å². The number of nitrogens with zero attached hydrogens (tertiary/aromatic N) is 2. The minimum Gasteiger partial charge on any atom is -0.480 e. The van der Waals surface area contributed by atoms with Gasteiger partial charge in [-0.15, -0.1) is 0 Å². The predicted octanol–water partition coefficient (Wildman–Crippen LogP) is -0.274. The molecule has 20 heavy (non-hydrogen) atoms. The number of H-pyrrole nitrogens is 1. The lowest BCUT2D eigenvalue weighted by Crippen LogP contribution is -2.52. The maximum absolute atomic E-state index is 12.2. The van der Waals surface area contributed by atoms with Gasteiger partial charge in [0.1, 0.15) is 6.04 Å². The molecule has 1 aliphatic rings. The number of carboxylic acids is 1. The lowest BCUT2D eigenvalue weighted by molar-refractivity contribution is -0.142. The van der Waals surface area contributed by atoms with E-state index in [-0.39, 0.29) is 13.1 Å². The van der Waals surface area contributed by atoms with E-state index in [1.54, 1.807) is 6.20 Å². The Morgan fingerprint density at radius 2 is 2.35 bits per heavy atom. The SMILES string of the molecule is O=C(O)C1CCCCN1S(=O)(=O)NCCc1cnc[nH]1. The molecule has 112 valence electrons. The molecule has 1 fully saturated rings. The standard InChI is InChI=1S/C11H18N4O4S/c16-11(17)10-3-1-2-6-15(10)20(18,19)14-5-4-9-7-12-8-13-9/h7-8,10,14H,1-6H2,(H,12,13)(H,16,17). The molecule has 0 aliphatic carbocycles. The highest BCUT2D eigenvalue weighted by Crippen LogP contribution is 2.19. The van der Waals surface area contributed by atoms with Crippen LogP contribution in [0.15, 0.2) is 12.5 Å². The first-order valence-electron chi connectivity index (χ1n) is 6.47. The van der Waals surface area contributed by atoms with Gasteiger partial charge in [-0.05, 0) is 19.3 Å². The van der Waals surface area contributed by atoms with Crippen LogP contribution < -0.4 is 4.72 Å². The summed E-state index contributed by atoms with van der Waals surface area (Å²) in [6.07, 6.45) is 5.40. The lowest BCUT2D eigenvalue weighted by Gasteiger charge is -2.31. The van der Waals surface area contributed by atoms with Gasteiger partial charge < -0.3 is 10.1 Å². The second kappa shape index (κ2) is 6.33. The summed E-state index contributed by atoms with van der Waals surface area (Å²) in [5.74, 6) is -1.09. The fourth-order valence-electron chi connectivity index (χ4n) is 2.26. The van der Waals surface area contributed by atoms with Crippen molar-refractivity contribution < 1.29 is 18.3 Å². The number of piperidine rings is 1. The monoisotopic (exact) mass is 302 g/mol. The van der Waals surface area contributed by atoms with Crippen molar-refractivity contribution >= 4 is 16.2 Å². The van der Waals surface area contributed by atoms with Crippen LogP contribution >= 0.6 is 0 Å². The van der Waals surface area contributed by atoms with Crippen LogP contribution in [0.3, 0.4) is 0 Å². The molecule has 1 aromatic heterocycles. The summed E-state index contributed by atoms with van der Waals surface area (Å²) in [6, 6.07) is -0.964. The van der Waals surface area contributed by atoms with E-state index in [1.165, 1.54) is 6.33 Å². The molecule has 0 bridgehead atoms. The third-order valence-electron chi connectivity index (χ3n) is 3.28. The van der Waals surface area contributed by atoms with Crippen molar-refractivity contribution in [1.82, 2.24) is 19.0 Å². The Labute approximate surface area is 117 Å². The maximum Gasteiger partial charge on any atom is 0.322 e. The average Bonchev–Trinajstić information content (AvgIpc) is 2.91. The number of carboxylic acid groups (broad SMARTS) is 1.